The van der Waals surface area contributed by atoms with E-state index in [0.717, 1.165) is 12.0 Å². The first-order valence-electron chi connectivity index (χ1n) is 7.64. The number of carbonyl (C=O) groups is 2. The lowest BCUT2D eigenvalue weighted by Crippen LogP contribution is -2.32. The highest BCUT2D eigenvalue weighted by Gasteiger charge is 2.31. The number of ether oxygens (including phenoxy) is 1. The van der Waals surface area contributed by atoms with Crippen molar-refractivity contribution in [2.75, 3.05) is 10.8 Å². The number of rotatable bonds is 4. The van der Waals surface area contributed by atoms with E-state index in [1.54, 1.807) is 30.3 Å². The minimum absolute atomic E-state index is 0.0193. The smallest absolute Gasteiger partial charge is 0.329 e. The molecule has 0 N–H and O–H groups in total. The highest BCUT2D eigenvalue weighted by molar-refractivity contribution is 7.85. The Bertz CT molecular complexity index is 956. The lowest BCUT2D eigenvalue weighted by molar-refractivity contribution is -0.141. The second-order valence-corrected chi connectivity index (χ2v) is 6.83. The quantitative estimate of drug-likeness (QED) is 0.439. The van der Waals surface area contributed by atoms with Crippen molar-refractivity contribution < 1.29 is 23.4 Å². The molecule has 10 heteroatoms. The number of carbonyl (C=O) groups excluding carboxylic acids is 2. The van der Waals surface area contributed by atoms with E-state index in [1.165, 1.54) is 11.5 Å². The molecular weight excluding hydrogens is 362 g/mol. The Balaban J connectivity index is 2.26. The fourth-order valence-electron chi connectivity index (χ4n) is 2.44. The van der Waals surface area contributed by atoms with Crippen molar-refractivity contribution >= 4 is 34.1 Å². The summed E-state index contributed by atoms with van der Waals surface area (Å²) in [5.41, 5.74) is -0.513. The molecule has 9 nitrogen and oxygen atoms in total. The van der Waals surface area contributed by atoms with Crippen LogP contribution in [0.1, 0.15) is 13.8 Å². The van der Waals surface area contributed by atoms with Gasteiger partial charge in [-0.05, 0) is 12.1 Å². The van der Waals surface area contributed by atoms with Crippen LogP contribution in [-0.2, 0) is 31.8 Å². The van der Waals surface area contributed by atoms with Crippen LogP contribution in [0.5, 0.6) is 5.88 Å². The highest BCUT2D eigenvalue weighted by atomic mass is 32.2. The standard InChI is InChI=1S/C16H15N3O6S/c1-10(20)24-14-13(15(22)18-8-9-26(23)16(18)17-14)19(25-11(2)21)12-6-4-3-5-7-12/h3-7H,8-9H2,1-2H3. The number of esters is 1. The Morgan fingerprint density at radius 3 is 2.50 bits per heavy atom. The number of benzene rings is 1. The number of para-hydroxylation sites is 1. The molecule has 1 aliphatic heterocycles. The Hall–Kier alpha value is -3.01. The second-order valence-electron chi connectivity index (χ2n) is 5.36. The largest absolute Gasteiger partial charge is 0.405 e. The lowest BCUT2D eigenvalue weighted by Gasteiger charge is -2.23. The number of nitrogens with zero attached hydrogens (tertiary/aromatic N) is 3. The summed E-state index contributed by atoms with van der Waals surface area (Å²) in [6.45, 7) is 2.52. The van der Waals surface area contributed by atoms with Crippen molar-refractivity contribution in [3.05, 3.63) is 40.7 Å². The number of fused-ring (bicyclic) bond motifs is 1. The summed E-state index contributed by atoms with van der Waals surface area (Å²) in [6.07, 6.45) is 0. The molecule has 1 aromatic heterocycles. The molecule has 0 aliphatic carbocycles. The van der Waals surface area contributed by atoms with Gasteiger partial charge in [0.25, 0.3) is 11.4 Å². The summed E-state index contributed by atoms with van der Waals surface area (Å²) >= 11 is 0. The summed E-state index contributed by atoms with van der Waals surface area (Å²) in [6, 6.07) is 8.33. The van der Waals surface area contributed by atoms with Crippen LogP contribution in [-0.4, -0.2) is 31.5 Å². The molecule has 0 saturated carbocycles. The van der Waals surface area contributed by atoms with Crippen LogP contribution in [0.15, 0.2) is 40.3 Å². The van der Waals surface area contributed by atoms with Crippen LogP contribution >= 0.6 is 0 Å². The minimum atomic E-state index is -1.48. The molecule has 0 spiro atoms. The lowest BCUT2D eigenvalue weighted by atomic mass is 10.3. The fourth-order valence-corrected chi connectivity index (χ4v) is 3.58. The van der Waals surface area contributed by atoms with E-state index < -0.39 is 28.3 Å². The van der Waals surface area contributed by atoms with Gasteiger partial charge in [-0.1, -0.05) is 18.2 Å². The molecule has 0 radical (unpaired) electrons. The van der Waals surface area contributed by atoms with Gasteiger partial charge in [-0.25, -0.2) is 4.79 Å². The predicted octanol–water partition coefficient (Wildman–Crippen LogP) is 0.906. The molecule has 0 saturated heterocycles. The topological polar surface area (TPSA) is 108 Å². The summed E-state index contributed by atoms with van der Waals surface area (Å²) in [5, 5.41) is 0.982. The van der Waals surface area contributed by atoms with E-state index in [2.05, 4.69) is 4.98 Å². The monoisotopic (exact) mass is 377 g/mol. The van der Waals surface area contributed by atoms with Crippen molar-refractivity contribution in [2.45, 2.75) is 25.5 Å². The molecular formula is C16H15N3O6S. The Morgan fingerprint density at radius 2 is 1.88 bits per heavy atom. The summed E-state index contributed by atoms with van der Waals surface area (Å²) in [5.74, 6) is -1.54. The van der Waals surface area contributed by atoms with Crippen molar-refractivity contribution in [3.63, 3.8) is 0 Å². The number of aromatic nitrogens is 2. The van der Waals surface area contributed by atoms with Gasteiger partial charge in [0.2, 0.25) is 10.8 Å². The van der Waals surface area contributed by atoms with Crippen LogP contribution in [0.25, 0.3) is 0 Å². The molecule has 1 aromatic carbocycles. The van der Waals surface area contributed by atoms with Crippen LogP contribution in [0.4, 0.5) is 11.4 Å². The van der Waals surface area contributed by atoms with Gasteiger partial charge in [-0.15, -0.1) is 0 Å². The van der Waals surface area contributed by atoms with Crippen molar-refractivity contribution in [1.29, 1.82) is 0 Å². The van der Waals surface area contributed by atoms with E-state index in [9.17, 15) is 18.6 Å². The molecule has 0 fully saturated rings. The van der Waals surface area contributed by atoms with Crippen molar-refractivity contribution in [1.82, 2.24) is 9.55 Å². The Labute approximate surface area is 150 Å². The average Bonchev–Trinajstić information content (AvgIpc) is 2.95. The fraction of sp³-hybridized carbons (Fsp3) is 0.250. The Kier molecular flexibility index (Phi) is 4.85. The Morgan fingerprint density at radius 1 is 1.19 bits per heavy atom. The van der Waals surface area contributed by atoms with Gasteiger partial charge >= 0.3 is 11.9 Å². The molecule has 1 unspecified atom stereocenters. The maximum Gasteiger partial charge on any atom is 0.329 e. The molecule has 26 heavy (non-hydrogen) atoms. The SMILES string of the molecule is CC(=O)Oc1nc2n(c(=O)c1N(OC(C)=O)c1ccccc1)CCS2=O. The van der Waals surface area contributed by atoms with Crippen LogP contribution in [0.3, 0.4) is 0 Å². The molecule has 1 atom stereocenters. The van der Waals surface area contributed by atoms with Crippen LogP contribution < -0.4 is 15.4 Å². The number of anilines is 2. The molecule has 2 heterocycles. The predicted molar refractivity (Wildman–Crippen MR) is 91.4 cm³/mol. The van der Waals surface area contributed by atoms with Gasteiger partial charge in [0, 0.05) is 26.1 Å². The third kappa shape index (κ3) is 3.36. The average molecular weight is 377 g/mol. The molecule has 0 bridgehead atoms. The van der Waals surface area contributed by atoms with Gasteiger partial charge in [0.15, 0.2) is 0 Å². The first-order chi connectivity index (χ1) is 12.4. The zero-order valence-electron chi connectivity index (χ0n) is 14.0. The normalized spacial score (nSPS) is 15.2. The van der Waals surface area contributed by atoms with E-state index in [4.69, 9.17) is 9.57 Å². The van der Waals surface area contributed by atoms with E-state index in [1.807, 2.05) is 0 Å². The van der Waals surface area contributed by atoms with Gasteiger partial charge in [-0.2, -0.15) is 10.0 Å². The zero-order chi connectivity index (χ0) is 18.8. The van der Waals surface area contributed by atoms with E-state index in [0.29, 0.717) is 5.69 Å². The summed E-state index contributed by atoms with van der Waals surface area (Å²) in [7, 11) is -1.48. The van der Waals surface area contributed by atoms with Crippen LogP contribution in [0.2, 0.25) is 0 Å². The maximum absolute atomic E-state index is 13.0. The molecule has 2 aromatic rings. The molecule has 1 aliphatic rings. The minimum Gasteiger partial charge on any atom is -0.405 e. The first-order valence-corrected chi connectivity index (χ1v) is 8.95. The van der Waals surface area contributed by atoms with E-state index in [-0.39, 0.29) is 29.0 Å². The third-order valence-electron chi connectivity index (χ3n) is 3.44. The summed E-state index contributed by atoms with van der Waals surface area (Å²) < 4.78 is 18.3. The highest BCUT2D eigenvalue weighted by Crippen LogP contribution is 2.31. The number of hydrogen-bond acceptors (Lipinski definition) is 8. The van der Waals surface area contributed by atoms with Crippen molar-refractivity contribution in [2.24, 2.45) is 0 Å². The third-order valence-corrected chi connectivity index (χ3v) is 4.71. The molecule has 136 valence electrons. The summed E-state index contributed by atoms with van der Waals surface area (Å²) in [4.78, 5) is 45.3. The second kappa shape index (κ2) is 7.08. The number of hydrogen-bond donors (Lipinski definition) is 0. The van der Waals surface area contributed by atoms with Crippen molar-refractivity contribution in [3.8, 4) is 5.88 Å². The van der Waals surface area contributed by atoms with Gasteiger partial charge in [0.05, 0.1) is 16.5 Å². The van der Waals surface area contributed by atoms with Gasteiger partial charge in [0.1, 0.15) is 0 Å². The molecule has 0 amide bonds. The zero-order valence-corrected chi connectivity index (χ0v) is 14.8. The van der Waals surface area contributed by atoms with Gasteiger partial charge in [-0.3, -0.25) is 18.4 Å². The first kappa shape index (κ1) is 17.8. The molecule has 3 rings (SSSR count). The van der Waals surface area contributed by atoms with Gasteiger partial charge < -0.3 is 9.57 Å². The van der Waals surface area contributed by atoms with Crippen LogP contribution in [0, 0.1) is 0 Å². The van der Waals surface area contributed by atoms with E-state index >= 15 is 0 Å². The maximum atomic E-state index is 13.0.